The van der Waals surface area contributed by atoms with Crippen LogP contribution < -0.4 is 5.32 Å². The Morgan fingerprint density at radius 1 is 1.48 bits per heavy atom. The van der Waals surface area contributed by atoms with Crippen LogP contribution in [0.5, 0.6) is 0 Å². The van der Waals surface area contributed by atoms with Gasteiger partial charge < -0.3 is 10.4 Å². The number of benzene rings is 1. The van der Waals surface area contributed by atoms with Crippen LogP contribution in [0.2, 0.25) is 0 Å². The van der Waals surface area contributed by atoms with Gasteiger partial charge in [-0.15, -0.1) is 11.3 Å². The van der Waals surface area contributed by atoms with Gasteiger partial charge in [0.15, 0.2) is 5.13 Å². The lowest BCUT2D eigenvalue weighted by Gasteiger charge is -2.04. The second-order valence-electron chi connectivity index (χ2n) is 4.65. The summed E-state index contributed by atoms with van der Waals surface area (Å²) in [5.41, 5.74) is 0.566. The summed E-state index contributed by atoms with van der Waals surface area (Å²) in [5.74, 6) is -1.04. The van der Waals surface area contributed by atoms with Gasteiger partial charge >= 0.3 is 5.97 Å². The molecule has 0 saturated heterocycles. The number of nitro benzene ring substituents is 1. The zero-order valence-electron chi connectivity index (χ0n) is 11.4. The molecule has 7 nitrogen and oxygen atoms in total. The number of nitro groups is 1. The fourth-order valence-corrected chi connectivity index (χ4v) is 2.57. The third-order valence-corrected chi connectivity index (χ3v) is 3.57. The van der Waals surface area contributed by atoms with Gasteiger partial charge in [-0.2, -0.15) is 0 Å². The number of hydrogen-bond acceptors (Lipinski definition) is 6. The first-order valence-electron chi connectivity index (χ1n) is 6.12. The summed E-state index contributed by atoms with van der Waals surface area (Å²) >= 11 is 1.39. The Labute approximate surface area is 124 Å². The number of aromatic nitrogens is 1. The maximum absolute atomic E-state index is 10.9. The van der Waals surface area contributed by atoms with Crippen LogP contribution >= 0.6 is 11.3 Å². The maximum atomic E-state index is 10.9. The second kappa shape index (κ2) is 5.88. The van der Waals surface area contributed by atoms with Crippen molar-refractivity contribution in [3.8, 4) is 0 Å². The molecule has 0 spiro atoms. The average molecular weight is 307 g/mol. The van der Waals surface area contributed by atoms with Gasteiger partial charge in [-0.25, -0.2) is 9.78 Å². The number of carboxylic acid groups (broad SMARTS) is 1. The van der Waals surface area contributed by atoms with Crippen LogP contribution in [0.25, 0.3) is 0 Å². The maximum Gasteiger partial charge on any atom is 0.342 e. The van der Waals surface area contributed by atoms with E-state index in [0.29, 0.717) is 16.7 Å². The minimum absolute atomic E-state index is 0.292. The van der Waals surface area contributed by atoms with E-state index in [0.717, 1.165) is 5.69 Å². The molecule has 1 aromatic heterocycles. The van der Waals surface area contributed by atoms with E-state index in [2.05, 4.69) is 10.3 Å². The van der Waals surface area contributed by atoms with Crippen LogP contribution in [0.1, 0.15) is 35.8 Å². The Bertz CT molecular complexity index is 696. The van der Waals surface area contributed by atoms with Gasteiger partial charge in [0.2, 0.25) is 0 Å². The third-order valence-electron chi connectivity index (χ3n) is 2.79. The first-order chi connectivity index (χ1) is 9.88. The molecule has 1 aromatic carbocycles. The smallest absolute Gasteiger partial charge is 0.342 e. The molecule has 21 heavy (non-hydrogen) atoms. The minimum Gasteiger partial charge on any atom is -0.477 e. The number of carbonyl (C=O) groups is 1. The Morgan fingerprint density at radius 3 is 2.71 bits per heavy atom. The highest BCUT2D eigenvalue weighted by molar-refractivity contribution is 7.13. The molecule has 0 saturated carbocycles. The van der Waals surface area contributed by atoms with Crippen molar-refractivity contribution < 1.29 is 14.8 Å². The van der Waals surface area contributed by atoms with Crippen LogP contribution in [0.4, 0.5) is 16.5 Å². The molecule has 2 aromatic rings. The van der Waals surface area contributed by atoms with E-state index < -0.39 is 16.6 Å². The third kappa shape index (κ3) is 3.34. The molecular weight excluding hydrogens is 294 g/mol. The molecule has 2 N–H and O–H groups in total. The van der Waals surface area contributed by atoms with Gasteiger partial charge in [0.25, 0.3) is 5.69 Å². The number of nitrogens with one attached hydrogen (secondary N) is 1. The first-order valence-corrected chi connectivity index (χ1v) is 7.00. The van der Waals surface area contributed by atoms with Crippen molar-refractivity contribution in [2.24, 2.45) is 0 Å². The largest absolute Gasteiger partial charge is 0.477 e. The molecule has 0 aliphatic rings. The summed E-state index contributed by atoms with van der Waals surface area (Å²) in [7, 11) is 0. The zero-order valence-corrected chi connectivity index (χ0v) is 12.2. The molecule has 0 amide bonds. The van der Waals surface area contributed by atoms with E-state index in [9.17, 15) is 14.9 Å². The lowest BCUT2D eigenvalue weighted by molar-refractivity contribution is -0.385. The SMILES string of the molecule is CC(C)c1csc(Nc2ccc(C(=O)O)c([N+](=O)[O-])c2)n1. The topological polar surface area (TPSA) is 105 Å². The molecule has 0 atom stereocenters. The summed E-state index contributed by atoms with van der Waals surface area (Å²) in [6.07, 6.45) is 0. The van der Waals surface area contributed by atoms with Gasteiger partial charge in [-0.1, -0.05) is 13.8 Å². The van der Waals surface area contributed by atoms with Crippen molar-refractivity contribution in [1.29, 1.82) is 0 Å². The number of nitrogens with zero attached hydrogens (tertiary/aromatic N) is 2. The highest BCUT2D eigenvalue weighted by Gasteiger charge is 2.20. The number of carboxylic acids is 1. The van der Waals surface area contributed by atoms with Gasteiger partial charge in [-0.3, -0.25) is 10.1 Å². The summed E-state index contributed by atoms with van der Waals surface area (Å²) < 4.78 is 0. The van der Waals surface area contributed by atoms with E-state index in [-0.39, 0.29) is 5.56 Å². The van der Waals surface area contributed by atoms with Crippen LogP contribution in [0.15, 0.2) is 23.6 Å². The minimum atomic E-state index is -1.33. The van der Waals surface area contributed by atoms with E-state index >= 15 is 0 Å². The molecule has 8 heteroatoms. The van der Waals surface area contributed by atoms with Crippen LogP contribution in [-0.2, 0) is 0 Å². The van der Waals surface area contributed by atoms with Crippen LogP contribution in [0.3, 0.4) is 0 Å². The predicted molar refractivity (Wildman–Crippen MR) is 79.5 cm³/mol. The molecule has 0 aliphatic heterocycles. The number of anilines is 2. The number of thiazole rings is 1. The van der Waals surface area contributed by atoms with Crippen molar-refractivity contribution in [1.82, 2.24) is 4.98 Å². The van der Waals surface area contributed by atoms with Crippen LogP contribution in [-0.4, -0.2) is 21.0 Å². The van der Waals surface area contributed by atoms with Crippen molar-refractivity contribution in [3.63, 3.8) is 0 Å². The quantitative estimate of drug-likeness (QED) is 0.645. The van der Waals surface area contributed by atoms with Crippen molar-refractivity contribution in [2.75, 3.05) is 5.32 Å². The summed E-state index contributed by atoms with van der Waals surface area (Å²) in [5, 5.41) is 25.3. The Morgan fingerprint density at radius 2 is 2.19 bits per heavy atom. The van der Waals surface area contributed by atoms with E-state index in [1.165, 1.54) is 29.5 Å². The summed E-state index contributed by atoms with van der Waals surface area (Å²) in [6.45, 7) is 4.04. The molecule has 0 unspecified atom stereocenters. The summed E-state index contributed by atoms with van der Waals surface area (Å²) in [6, 6.07) is 3.88. The molecule has 0 fully saturated rings. The predicted octanol–water partition coefficient (Wildman–Crippen LogP) is 3.62. The number of rotatable bonds is 5. The fourth-order valence-electron chi connectivity index (χ4n) is 1.67. The second-order valence-corrected chi connectivity index (χ2v) is 5.51. The van der Waals surface area contributed by atoms with Crippen molar-refractivity contribution >= 4 is 33.8 Å². The molecule has 0 aliphatic carbocycles. The average Bonchev–Trinajstić information content (AvgIpc) is 2.87. The molecule has 0 radical (unpaired) electrons. The standard InChI is InChI=1S/C13H13N3O4S/c1-7(2)10-6-21-13(15-10)14-8-3-4-9(12(17)18)11(5-8)16(19)20/h3-7H,1-2H3,(H,14,15)(H,17,18). The monoisotopic (exact) mass is 307 g/mol. The Balaban J connectivity index is 2.30. The van der Waals surface area contributed by atoms with Gasteiger partial charge in [-0.05, 0) is 18.1 Å². The lowest BCUT2D eigenvalue weighted by Crippen LogP contribution is -2.03. The first kappa shape index (κ1) is 14.9. The van der Waals surface area contributed by atoms with E-state index in [4.69, 9.17) is 5.11 Å². The Kier molecular flexibility index (Phi) is 4.18. The van der Waals surface area contributed by atoms with E-state index in [1.54, 1.807) is 0 Å². The summed E-state index contributed by atoms with van der Waals surface area (Å²) in [4.78, 5) is 25.5. The zero-order chi connectivity index (χ0) is 15.6. The lowest BCUT2D eigenvalue weighted by atomic mass is 10.1. The molecular formula is C13H13N3O4S. The van der Waals surface area contributed by atoms with E-state index in [1.807, 2.05) is 19.2 Å². The normalized spacial score (nSPS) is 10.6. The fraction of sp³-hybridized carbons (Fsp3) is 0.231. The van der Waals surface area contributed by atoms with Gasteiger partial charge in [0, 0.05) is 17.1 Å². The number of hydrogen-bond donors (Lipinski definition) is 2. The highest BCUT2D eigenvalue weighted by atomic mass is 32.1. The molecule has 110 valence electrons. The van der Waals surface area contributed by atoms with Crippen LogP contribution in [0, 0.1) is 10.1 Å². The van der Waals surface area contributed by atoms with Crippen molar-refractivity contribution in [2.45, 2.75) is 19.8 Å². The molecule has 1 heterocycles. The van der Waals surface area contributed by atoms with Crippen molar-refractivity contribution in [3.05, 3.63) is 45.0 Å². The number of aromatic carboxylic acids is 1. The molecule has 2 rings (SSSR count). The highest BCUT2D eigenvalue weighted by Crippen LogP contribution is 2.28. The van der Waals surface area contributed by atoms with Gasteiger partial charge in [0.1, 0.15) is 5.56 Å². The Hall–Kier alpha value is -2.48. The van der Waals surface area contributed by atoms with Gasteiger partial charge in [0.05, 0.1) is 10.6 Å². The molecule has 0 bridgehead atoms.